The predicted octanol–water partition coefficient (Wildman–Crippen LogP) is 1.50. The van der Waals surface area contributed by atoms with Crippen molar-refractivity contribution in [3.63, 3.8) is 0 Å². The predicted molar refractivity (Wildman–Crippen MR) is 69.8 cm³/mol. The molecule has 0 rings (SSSR count). The van der Waals surface area contributed by atoms with E-state index < -0.39 is 0 Å². The summed E-state index contributed by atoms with van der Waals surface area (Å²) in [5.41, 5.74) is -0.348. The van der Waals surface area contributed by atoms with Crippen LogP contribution in [0.1, 0.15) is 47.5 Å². The Balaban J connectivity index is 3.64. The first kappa shape index (κ1) is 16.1. The minimum atomic E-state index is -0.348. The van der Waals surface area contributed by atoms with Gasteiger partial charge in [0.1, 0.15) is 5.78 Å². The number of Topliss-reactive ketones (excluding diaryl/α,β-unsaturated/α-hetero) is 1. The Hall–Kier alpha value is -0.900. The van der Waals surface area contributed by atoms with E-state index in [0.717, 1.165) is 6.54 Å². The molecule has 4 nitrogen and oxygen atoms in total. The highest BCUT2D eigenvalue weighted by Crippen LogP contribution is 2.17. The zero-order chi connectivity index (χ0) is 13.5. The number of nitrogens with one attached hydrogen (secondary N) is 2. The fraction of sp³-hybridized carbons (Fsp3) is 0.846. The van der Waals surface area contributed by atoms with E-state index in [-0.39, 0.29) is 23.5 Å². The van der Waals surface area contributed by atoms with Crippen molar-refractivity contribution in [2.24, 2.45) is 5.41 Å². The van der Waals surface area contributed by atoms with Crippen molar-refractivity contribution in [2.45, 2.75) is 53.5 Å². The highest BCUT2D eigenvalue weighted by Gasteiger charge is 2.21. The second-order valence-electron chi connectivity index (χ2n) is 5.63. The summed E-state index contributed by atoms with van der Waals surface area (Å²) in [5.74, 6) is 0.0844. The molecule has 0 fully saturated rings. The summed E-state index contributed by atoms with van der Waals surface area (Å²) < 4.78 is 0. The molecule has 0 saturated carbocycles. The molecule has 0 spiro atoms. The third-order valence-corrected chi connectivity index (χ3v) is 2.42. The zero-order valence-corrected chi connectivity index (χ0v) is 11.7. The van der Waals surface area contributed by atoms with Crippen LogP contribution in [-0.2, 0) is 9.59 Å². The average molecular weight is 242 g/mol. The lowest BCUT2D eigenvalue weighted by molar-refractivity contribution is -0.129. The monoisotopic (exact) mass is 242 g/mol. The minimum absolute atomic E-state index is 0.0480. The number of amides is 1. The molecule has 0 aliphatic rings. The Morgan fingerprint density at radius 2 is 1.65 bits per heavy atom. The number of carbonyl (C=O) groups is 2. The number of hydrogen-bond donors (Lipinski definition) is 2. The summed E-state index contributed by atoms with van der Waals surface area (Å²) in [5, 5.41) is 6.00. The van der Waals surface area contributed by atoms with Crippen LogP contribution in [0.15, 0.2) is 0 Å². The Morgan fingerprint density at radius 1 is 1.06 bits per heavy atom. The van der Waals surface area contributed by atoms with Crippen LogP contribution < -0.4 is 10.6 Å². The quantitative estimate of drug-likeness (QED) is 0.665. The van der Waals surface area contributed by atoms with Crippen molar-refractivity contribution in [2.75, 3.05) is 13.1 Å². The highest BCUT2D eigenvalue weighted by atomic mass is 16.2. The topological polar surface area (TPSA) is 58.2 Å². The molecular weight excluding hydrogens is 216 g/mol. The maximum atomic E-state index is 11.6. The van der Waals surface area contributed by atoms with Gasteiger partial charge >= 0.3 is 0 Å². The van der Waals surface area contributed by atoms with Gasteiger partial charge in [0.25, 0.3) is 0 Å². The molecular formula is C13H26N2O2. The van der Waals surface area contributed by atoms with Crippen molar-refractivity contribution < 1.29 is 9.59 Å². The van der Waals surface area contributed by atoms with E-state index in [1.807, 2.05) is 20.8 Å². The van der Waals surface area contributed by atoms with Crippen LogP contribution in [0.25, 0.3) is 0 Å². The van der Waals surface area contributed by atoms with Crippen LogP contribution in [0.2, 0.25) is 0 Å². The Morgan fingerprint density at radius 3 is 2.12 bits per heavy atom. The van der Waals surface area contributed by atoms with Gasteiger partial charge < -0.3 is 10.6 Å². The smallest absolute Gasteiger partial charge is 0.220 e. The first-order valence-electron chi connectivity index (χ1n) is 6.27. The molecule has 0 aliphatic carbocycles. The van der Waals surface area contributed by atoms with Gasteiger partial charge in [-0.3, -0.25) is 9.59 Å². The minimum Gasteiger partial charge on any atom is -0.355 e. The molecule has 17 heavy (non-hydrogen) atoms. The summed E-state index contributed by atoms with van der Waals surface area (Å²) in [6.07, 6.45) is 0.616. The molecule has 2 N–H and O–H groups in total. The Bertz CT molecular complexity index is 255. The standard InChI is InChI=1S/C13H26N2O2/c1-10(2)14-8-9-15-12(17)7-6-11(16)13(3,4)5/h10,14H,6-9H2,1-5H3,(H,15,17). The summed E-state index contributed by atoms with van der Waals surface area (Å²) in [6.45, 7) is 11.1. The fourth-order valence-electron chi connectivity index (χ4n) is 1.25. The lowest BCUT2D eigenvalue weighted by Gasteiger charge is -2.16. The van der Waals surface area contributed by atoms with Gasteiger partial charge in [-0.25, -0.2) is 0 Å². The molecule has 0 heterocycles. The third kappa shape index (κ3) is 8.86. The van der Waals surface area contributed by atoms with Crippen LogP contribution in [0.3, 0.4) is 0 Å². The molecule has 100 valence electrons. The Kier molecular flexibility index (Phi) is 7.04. The van der Waals surface area contributed by atoms with Crippen molar-refractivity contribution in [1.82, 2.24) is 10.6 Å². The molecule has 4 heteroatoms. The SMILES string of the molecule is CC(C)NCCNC(=O)CCC(=O)C(C)(C)C. The van der Waals surface area contributed by atoms with Crippen molar-refractivity contribution in [3.05, 3.63) is 0 Å². The van der Waals surface area contributed by atoms with Crippen molar-refractivity contribution in [1.29, 1.82) is 0 Å². The lowest BCUT2D eigenvalue weighted by Crippen LogP contribution is -2.35. The lowest BCUT2D eigenvalue weighted by atomic mass is 9.88. The van der Waals surface area contributed by atoms with E-state index in [2.05, 4.69) is 24.5 Å². The van der Waals surface area contributed by atoms with Gasteiger partial charge in [-0.1, -0.05) is 34.6 Å². The Labute approximate surface area is 105 Å². The molecule has 0 aliphatic heterocycles. The van der Waals surface area contributed by atoms with Crippen LogP contribution >= 0.6 is 0 Å². The van der Waals surface area contributed by atoms with Crippen molar-refractivity contribution in [3.8, 4) is 0 Å². The van der Waals surface area contributed by atoms with E-state index in [0.29, 0.717) is 19.0 Å². The number of carbonyl (C=O) groups excluding carboxylic acids is 2. The van der Waals surface area contributed by atoms with Gasteiger partial charge in [-0.05, 0) is 0 Å². The molecule has 0 bridgehead atoms. The molecule has 0 aromatic carbocycles. The van der Waals surface area contributed by atoms with E-state index in [1.54, 1.807) is 0 Å². The maximum absolute atomic E-state index is 11.6. The third-order valence-electron chi connectivity index (χ3n) is 2.42. The first-order chi connectivity index (χ1) is 7.73. The van der Waals surface area contributed by atoms with E-state index in [9.17, 15) is 9.59 Å². The van der Waals surface area contributed by atoms with Gasteiger partial charge in [0, 0.05) is 37.4 Å². The zero-order valence-electron chi connectivity index (χ0n) is 11.7. The van der Waals surface area contributed by atoms with Gasteiger partial charge in [0.05, 0.1) is 0 Å². The average Bonchev–Trinajstić information content (AvgIpc) is 2.19. The first-order valence-corrected chi connectivity index (χ1v) is 6.27. The van der Waals surface area contributed by atoms with Crippen LogP contribution in [-0.4, -0.2) is 30.8 Å². The number of ketones is 1. The van der Waals surface area contributed by atoms with Gasteiger partial charge in [-0.2, -0.15) is 0 Å². The molecule has 0 aromatic rings. The second-order valence-corrected chi connectivity index (χ2v) is 5.63. The number of rotatable bonds is 7. The molecule has 1 amide bonds. The van der Waals surface area contributed by atoms with Gasteiger partial charge in [0.15, 0.2) is 0 Å². The van der Waals surface area contributed by atoms with Crippen LogP contribution in [0.5, 0.6) is 0 Å². The largest absolute Gasteiger partial charge is 0.355 e. The van der Waals surface area contributed by atoms with Crippen LogP contribution in [0.4, 0.5) is 0 Å². The van der Waals surface area contributed by atoms with E-state index >= 15 is 0 Å². The fourth-order valence-corrected chi connectivity index (χ4v) is 1.25. The van der Waals surface area contributed by atoms with E-state index in [1.165, 1.54) is 0 Å². The molecule has 0 radical (unpaired) electrons. The summed E-state index contributed by atoms with van der Waals surface area (Å²) in [4.78, 5) is 23.0. The molecule has 0 saturated heterocycles. The number of hydrogen-bond acceptors (Lipinski definition) is 3. The highest BCUT2D eigenvalue weighted by molar-refractivity contribution is 5.88. The molecule has 0 aromatic heterocycles. The van der Waals surface area contributed by atoms with Gasteiger partial charge in [-0.15, -0.1) is 0 Å². The maximum Gasteiger partial charge on any atom is 0.220 e. The summed E-state index contributed by atoms with van der Waals surface area (Å²) in [6, 6.07) is 0.425. The van der Waals surface area contributed by atoms with Crippen LogP contribution in [0, 0.1) is 5.41 Å². The summed E-state index contributed by atoms with van der Waals surface area (Å²) >= 11 is 0. The normalized spacial score (nSPS) is 11.6. The molecule has 0 unspecified atom stereocenters. The second kappa shape index (κ2) is 7.43. The van der Waals surface area contributed by atoms with Crippen molar-refractivity contribution >= 4 is 11.7 Å². The summed E-state index contributed by atoms with van der Waals surface area (Å²) in [7, 11) is 0. The van der Waals surface area contributed by atoms with Gasteiger partial charge in [0.2, 0.25) is 5.91 Å². The van der Waals surface area contributed by atoms with E-state index in [4.69, 9.17) is 0 Å². The molecule has 0 atom stereocenters.